The zero-order valence-electron chi connectivity index (χ0n) is 21.3. The molecule has 0 spiro atoms. The fraction of sp³-hybridized carbons (Fsp3) is 0.625. The van der Waals surface area contributed by atoms with Gasteiger partial charge < -0.3 is 4.74 Å². The number of aryl methyl sites for hydroxylation is 1. The highest BCUT2D eigenvalue weighted by Crippen LogP contribution is 2.37. The quantitative estimate of drug-likeness (QED) is 0.201. The van der Waals surface area contributed by atoms with Gasteiger partial charge in [0.15, 0.2) is 11.0 Å². The highest BCUT2D eigenvalue weighted by Gasteiger charge is 2.27. The Hall–Kier alpha value is -1.91. The van der Waals surface area contributed by atoms with Crippen LogP contribution in [-0.2, 0) is 17.9 Å². The van der Waals surface area contributed by atoms with E-state index in [4.69, 9.17) is 4.74 Å². The van der Waals surface area contributed by atoms with Crippen molar-refractivity contribution >= 4 is 34.7 Å². The molecule has 1 saturated carbocycles. The molecule has 3 aromatic heterocycles. The van der Waals surface area contributed by atoms with Crippen LogP contribution in [-0.4, -0.2) is 47.3 Å². The molecular formula is C24H38N6O2S2. The number of thioether (sulfide) groups is 1. The first-order valence-corrected chi connectivity index (χ1v) is 14.3. The summed E-state index contributed by atoms with van der Waals surface area (Å²) in [5, 5.41) is 6.03. The van der Waals surface area contributed by atoms with Crippen molar-refractivity contribution in [1.82, 2.24) is 28.7 Å². The third-order valence-electron chi connectivity index (χ3n) is 4.71. The zero-order chi connectivity index (χ0) is 24.9. The van der Waals surface area contributed by atoms with Crippen LogP contribution in [0.4, 0.5) is 0 Å². The zero-order valence-corrected chi connectivity index (χ0v) is 22.9. The monoisotopic (exact) mass is 506 g/mol. The van der Waals surface area contributed by atoms with Gasteiger partial charge >= 0.3 is 0 Å². The largest absolute Gasteiger partial charge is 0.377 e. The normalized spacial score (nSPS) is 12.6. The summed E-state index contributed by atoms with van der Waals surface area (Å²) in [6.07, 6.45) is 9.95. The van der Waals surface area contributed by atoms with E-state index in [0.717, 1.165) is 23.4 Å². The summed E-state index contributed by atoms with van der Waals surface area (Å²) in [5.41, 5.74) is 1.27. The summed E-state index contributed by atoms with van der Waals surface area (Å²) >= 11 is 3.08. The number of fused-ring (bicyclic) bond motifs is 1. The number of nitrogens with zero attached hydrogens (tertiary/aromatic N) is 6. The van der Waals surface area contributed by atoms with Crippen molar-refractivity contribution in [1.29, 1.82) is 0 Å². The summed E-state index contributed by atoms with van der Waals surface area (Å²) in [7, 11) is 0. The molecule has 0 aromatic carbocycles. The summed E-state index contributed by atoms with van der Waals surface area (Å²) in [4.78, 5) is 26.3. The van der Waals surface area contributed by atoms with Gasteiger partial charge in [0.05, 0.1) is 6.61 Å². The molecule has 10 heteroatoms. The molecule has 0 atom stereocenters. The van der Waals surface area contributed by atoms with Crippen molar-refractivity contribution < 1.29 is 4.74 Å². The predicted octanol–water partition coefficient (Wildman–Crippen LogP) is 5.55. The Morgan fingerprint density at radius 3 is 2.56 bits per heavy atom. The van der Waals surface area contributed by atoms with Gasteiger partial charge in [0.2, 0.25) is 0 Å². The van der Waals surface area contributed by atoms with Gasteiger partial charge in [0.1, 0.15) is 12.0 Å². The topological polar surface area (TPSA) is 87.7 Å². The summed E-state index contributed by atoms with van der Waals surface area (Å²) < 4.78 is 9.06. The van der Waals surface area contributed by atoms with Gasteiger partial charge in [-0.25, -0.2) is 15.0 Å². The number of hydrogen-bond acceptors (Lipinski definition) is 8. The van der Waals surface area contributed by atoms with Crippen LogP contribution in [0.15, 0.2) is 28.5 Å². The van der Waals surface area contributed by atoms with Crippen LogP contribution < -0.4 is 5.56 Å². The van der Waals surface area contributed by atoms with E-state index in [0.29, 0.717) is 42.0 Å². The molecule has 3 aromatic rings. The molecule has 3 heterocycles. The maximum atomic E-state index is 13.0. The first kappa shape index (κ1) is 28.3. The summed E-state index contributed by atoms with van der Waals surface area (Å²) in [6, 6.07) is 1.84. The van der Waals surface area contributed by atoms with Crippen LogP contribution in [0.3, 0.4) is 0 Å². The molecule has 1 aliphatic carbocycles. The Kier molecular flexibility index (Phi) is 12.6. The minimum atomic E-state index is -0.0431. The highest BCUT2D eigenvalue weighted by molar-refractivity contribution is 7.98. The number of hydrogen-bond donors (Lipinski definition) is 0. The highest BCUT2D eigenvalue weighted by atomic mass is 32.2. The molecule has 0 aliphatic heterocycles. The Morgan fingerprint density at radius 2 is 1.91 bits per heavy atom. The van der Waals surface area contributed by atoms with E-state index in [-0.39, 0.29) is 5.56 Å². The van der Waals surface area contributed by atoms with Crippen LogP contribution in [0, 0.1) is 0 Å². The predicted molar refractivity (Wildman–Crippen MR) is 143 cm³/mol. The Balaban J connectivity index is 0.000000758. The molecule has 0 unspecified atom stereocenters. The second-order valence-corrected chi connectivity index (χ2v) is 9.39. The molecule has 0 saturated heterocycles. The number of pyridine rings is 1. The van der Waals surface area contributed by atoms with Gasteiger partial charge in [0, 0.05) is 42.0 Å². The SMILES string of the molecule is CC.CCC.CCOCc1cc2cnc(SC)nc2n(CCCSn2cnc(C3CC3)n2)c1=O. The lowest BCUT2D eigenvalue weighted by Crippen LogP contribution is -2.26. The first-order valence-electron chi connectivity index (χ1n) is 12.2. The molecule has 1 fully saturated rings. The van der Waals surface area contributed by atoms with Crippen LogP contribution in [0.5, 0.6) is 0 Å². The summed E-state index contributed by atoms with van der Waals surface area (Å²) in [5.74, 6) is 2.34. The average molecular weight is 507 g/mol. The third kappa shape index (κ3) is 8.09. The van der Waals surface area contributed by atoms with Crippen molar-refractivity contribution in [2.45, 2.75) is 84.5 Å². The van der Waals surface area contributed by atoms with Crippen molar-refractivity contribution in [3.63, 3.8) is 0 Å². The minimum Gasteiger partial charge on any atom is -0.377 e. The Morgan fingerprint density at radius 1 is 1.18 bits per heavy atom. The maximum Gasteiger partial charge on any atom is 0.257 e. The van der Waals surface area contributed by atoms with E-state index >= 15 is 0 Å². The smallest absolute Gasteiger partial charge is 0.257 e. The number of rotatable bonds is 10. The molecule has 8 nitrogen and oxygen atoms in total. The maximum absolute atomic E-state index is 13.0. The Labute approximate surface area is 211 Å². The van der Waals surface area contributed by atoms with Gasteiger partial charge in [-0.1, -0.05) is 45.9 Å². The molecule has 0 bridgehead atoms. The van der Waals surface area contributed by atoms with Crippen LogP contribution in [0.2, 0.25) is 0 Å². The van der Waals surface area contributed by atoms with E-state index in [1.54, 1.807) is 29.0 Å². The van der Waals surface area contributed by atoms with Crippen molar-refractivity contribution in [2.24, 2.45) is 0 Å². The van der Waals surface area contributed by atoms with Gasteiger partial charge in [-0.3, -0.25) is 9.36 Å². The van der Waals surface area contributed by atoms with Crippen LogP contribution >= 0.6 is 23.7 Å². The third-order valence-corrected chi connectivity index (χ3v) is 6.18. The average Bonchev–Trinajstić information content (AvgIpc) is 3.61. The van der Waals surface area contributed by atoms with Crippen molar-refractivity contribution in [3.05, 3.63) is 40.3 Å². The molecule has 1 aliphatic rings. The van der Waals surface area contributed by atoms with Crippen molar-refractivity contribution in [3.8, 4) is 0 Å². The van der Waals surface area contributed by atoms with Crippen LogP contribution in [0.25, 0.3) is 11.0 Å². The standard InChI is InChI=1S/C19H24N6O2S2.C3H8.C2H6/c1-3-27-11-15-9-14-10-20-19(28-2)22-17(14)24(18(15)26)7-4-8-29-25-12-21-16(23-25)13-5-6-13;1-3-2;1-2/h9-10,12-13H,3-8,11H2,1-2H3;3H2,1-2H3;1-2H3. The Bertz CT molecular complexity index is 1070. The lowest BCUT2D eigenvalue weighted by molar-refractivity contribution is 0.133. The molecule has 0 N–H and O–H groups in total. The van der Waals surface area contributed by atoms with Gasteiger partial charge in [0.25, 0.3) is 5.56 Å². The van der Waals surface area contributed by atoms with E-state index in [1.807, 2.05) is 37.2 Å². The van der Waals surface area contributed by atoms with E-state index < -0.39 is 0 Å². The second kappa shape index (κ2) is 15.2. The molecule has 0 radical (unpaired) electrons. The lowest BCUT2D eigenvalue weighted by Gasteiger charge is -2.12. The second-order valence-electron chi connectivity index (χ2n) is 7.57. The van der Waals surface area contributed by atoms with Crippen molar-refractivity contribution in [2.75, 3.05) is 18.6 Å². The molecule has 34 heavy (non-hydrogen) atoms. The minimum absolute atomic E-state index is 0.0431. The fourth-order valence-electron chi connectivity index (χ4n) is 3.06. The summed E-state index contributed by atoms with van der Waals surface area (Å²) in [6.45, 7) is 11.6. The molecule has 188 valence electrons. The fourth-order valence-corrected chi connectivity index (χ4v) is 4.09. The van der Waals surface area contributed by atoms with E-state index in [2.05, 4.69) is 33.9 Å². The number of ether oxygens (including phenoxy) is 1. The van der Waals surface area contributed by atoms with Gasteiger partial charge in [-0.2, -0.15) is 4.09 Å². The van der Waals surface area contributed by atoms with Gasteiger partial charge in [-0.05, 0) is 50.5 Å². The number of aromatic nitrogens is 6. The first-order chi connectivity index (χ1) is 16.6. The molecule has 4 rings (SSSR count). The lowest BCUT2D eigenvalue weighted by atomic mass is 10.2. The molecular weight excluding hydrogens is 468 g/mol. The van der Waals surface area contributed by atoms with E-state index in [9.17, 15) is 4.79 Å². The van der Waals surface area contributed by atoms with Crippen LogP contribution in [0.1, 0.15) is 77.6 Å². The molecule has 0 amide bonds. The van der Waals surface area contributed by atoms with Gasteiger partial charge in [-0.15, -0.1) is 5.10 Å². The van der Waals surface area contributed by atoms with E-state index in [1.165, 1.54) is 31.0 Å².